The number of fused-ring (bicyclic) bond motifs is 2. The summed E-state index contributed by atoms with van der Waals surface area (Å²) in [6.45, 7) is 1.00. The van der Waals surface area contributed by atoms with Gasteiger partial charge in [-0.2, -0.15) is 0 Å². The van der Waals surface area contributed by atoms with Crippen LogP contribution < -0.4 is 5.32 Å². The molecule has 1 saturated heterocycles. The maximum Gasteiger partial charge on any atom is 0.0954 e. The molecule has 0 spiro atoms. The molecule has 1 heterocycles. The van der Waals surface area contributed by atoms with Gasteiger partial charge in [0.2, 0.25) is 0 Å². The van der Waals surface area contributed by atoms with Crippen LogP contribution in [0.2, 0.25) is 0 Å². The van der Waals surface area contributed by atoms with Gasteiger partial charge in [-0.15, -0.1) is 0 Å². The molecule has 1 fully saturated rings. The summed E-state index contributed by atoms with van der Waals surface area (Å²) in [7, 11) is 0. The van der Waals surface area contributed by atoms with E-state index in [0.29, 0.717) is 0 Å². The Morgan fingerprint density at radius 1 is 0.909 bits per heavy atom. The van der Waals surface area contributed by atoms with Gasteiger partial charge >= 0.3 is 0 Å². The zero-order valence-electron chi connectivity index (χ0n) is 12.6. The zero-order valence-corrected chi connectivity index (χ0v) is 12.6. The summed E-state index contributed by atoms with van der Waals surface area (Å²) in [4.78, 5) is 0. The van der Waals surface area contributed by atoms with Crippen LogP contribution in [0.3, 0.4) is 0 Å². The van der Waals surface area contributed by atoms with Crippen molar-refractivity contribution < 1.29 is 5.11 Å². The third-order valence-corrected chi connectivity index (χ3v) is 4.84. The standard InChI is InChI=1S/C20H21NO/c22-20(18-11-5-6-12-21-18)19-16-9-3-1-7-14(16)13-15-8-2-4-10-17(15)19/h1-4,7-10,13,18,20-22H,5-6,11-12H2/t18-,20-/m1/s1. The number of rotatable bonds is 2. The van der Waals surface area contributed by atoms with Crippen LogP contribution in [0.5, 0.6) is 0 Å². The molecule has 0 aromatic heterocycles. The van der Waals surface area contributed by atoms with E-state index in [1.165, 1.54) is 34.4 Å². The van der Waals surface area contributed by atoms with E-state index >= 15 is 0 Å². The van der Waals surface area contributed by atoms with E-state index in [2.05, 4.69) is 59.9 Å². The summed E-state index contributed by atoms with van der Waals surface area (Å²) in [6.07, 6.45) is 2.98. The third kappa shape index (κ3) is 2.29. The van der Waals surface area contributed by atoms with Crippen molar-refractivity contribution in [3.8, 4) is 0 Å². The average molecular weight is 291 g/mol. The van der Waals surface area contributed by atoms with E-state index in [1.807, 2.05) is 0 Å². The lowest BCUT2D eigenvalue weighted by Gasteiger charge is -2.29. The van der Waals surface area contributed by atoms with Crippen LogP contribution in [-0.2, 0) is 0 Å². The molecule has 0 amide bonds. The fraction of sp³-hybridized carbons (Fsp3) is 0.300. The first-order valence-electron chi connectivity index (χ1n) is 8.16. The van der Waals surface area contributed by atoms with Crippen LogP contribution >= 0.6 is 0 Å². The van der Waals surface area contributed by atoms with Gasteiger partial charge in [-0.3, -0.25) is 0 Å². The van der Waals surface area contributed by atoms with Gasteiger partial charge in [0.15, 0.2) is 0 Å². The van der Waals surface area contributed by atoms with Crippen molar-refractivity contribution in [2.24, 2.45) is 0 Å². The summed E-state index contributed by atoms with van der Waals surface area (Å²) >= 11 is 0. The van der Waals surface area contributed by atoms with Gasteiger partial charge in [-0.05, 0) is 52.6 Å². The predicted molar refractivity (Wildman–Crippen MR) is 92.1 cm³/mol. The fourth-order valence-electron chi connectivity index (χ4n) is 3.72. The Morgan fingerprint density at radius 2 is 1.55 bits per heavy atom. The van der Waals surface area contributed by atoms with Crippen molar-refractivity contribution in [1.29, 1.82) is 0 Å². The first kappa shape index (κ1) is 13.7. The van der Waals surface area contributed by atoms with Gasteiger partial charge < -0.3 is 10.4 Å². The van der Waals surface area contributed by atoms with Crippen LogP contribution in [0, 0.1) is 0 Å². The molecule has 0 aliphatic carbocycles. The van der Waals surface area contributed by atoms with Crippen molar-refractivity contribution in [2.45, 2.75) is 31.4 Å². The Hall–Kier alpha value is -1.90. The highest BCUT2D eigenvalue weighted by Crippen LogP contribution is 2.35. The lowest BCUT2D eigenvalue weighted by atomic mass is 9.88. The first-order chi connectivity index (χ1) is 10.8. The van der Waals surface area contributed by atoms with Crippen molar-refractivity contribution >= 4 is 21.5 Å². The van der Waals surface area contributed by atoms with E-state index in [9.17, 15) is 5.11 Å². The fourth-order valence-corrected chi connectivity index (χ4v) is 3.72. The first-order valence-corrected chi connectivity index (χ1v) is 8.16. The largest absolute Gasteiger partial charge is 0.387 e. The van der Waals surface area contributed by atoms with Gasteiger partial charge in [-0.1, -0.05) is 55.0 Å². The number of piperidine rings is 1. The van der Waals surface area contributed by atoms with E-state index in [-0.39, 0.29) is 6.04 Å². The molecule has 3 aromatic rings. The Labute approximate surface area is 130 Å². The van der Waals surface area contributed by atoms with Gasteiger partial charge in [-0.25, -0.2) is 0 Å². The molecule has 2 atom stereocenters. The third-order valence-electron chi connectivity index (χ3n) is 4.84. The average Bonchev–Trinajstić information content (AvgIpc) is 2.60. The normalized spacial score (nSPS) is 20.3. The lowest BCUT2D eigenvalue weighted by molar-refractivity contribution is 0.116. The molecule has 112 valence electrons. The van der Waals surface area contributed by atoms with Gasteiger partial charge in [0.05, 0.1) is 6.10 Å². The molecule has 2 nitrogen and oxygen atoms in total. The monoisotopic (exact) mass is 291 g/mol. The number of aliphatic hydroxyl groups is 1. The van der Waals surface area contributed by atoms with Crippen LogP contribution in [-0.4, -0.2) is 17.7 Å². The molecule has 3 aromatic carbocycles. The van der Waals surface area contributed by atoms with Crippen molar-refractivity contribution in [3.63, 3.8) is 0 Å². The highest BCUT2D eigenvalue weighted by molar-refractivity contribution is 6.02. The van der Waals surface area contributed by atoms with Crippen LogP contribution in [0.1, 0.15) is 30.9 Å². The van der Waals surface area contributed by atoms with Gasteiger partial charge in [0.1, 0.15) is 0 Å². The second-order valence-electron chi connectivity index (χ2n) is 6.23. The summed E-state index contributed by atoms with van der Waals surface area (Å²) in [6, 6.07) is 19.1. The van der Waals surface area contributed by atoms with Crippen LogP contribution in [0.15, 0.2) is 54.6 Å². The predicted octanol–water partition coefficient (Wildman–Crippen LogP) is 4.17. The second-order valence-corrected chi connectivity index (χ2v) is 6.23. The summed E-state index contributed by atoms with van der Waals surface area (Å²) < 4.78 is 0. The highest BCUT2D eigenvalue weighted by Gasteiger charge is 2.25. The summed E-state index contributed by atoms with van der Waals surface area (Å²) in [5.41, 5.74) is 1.08. The van der Waals surface area contributed by atoms with E-state index in [4.69, 9.17) is 0 Å². The number of nitrogens with one attached hydrogen (secondary N) is 1. The molecular formula is C20H21NO. The Bertz CT molecular complexity index is 751. The summed E-state index contributed by atoms with van der Waals surface area (Å²) in [5.74, 6) is 0. The van der Waals surface area contributed by atoms with E-state index in [0.717, 1.165) is 18.5 Å². The molecule has 0 saturated carbocycles. The quantitative estimate of drug-likeness (QED) is 0.695. The van der Waals surface area contributed by atoms with E-state index < -0.39 is 6.10 Å². The van der Waals surface area contributed by atoms with Crippen molar-refractivity contribution in [2.75, 3.05) is 6.54 Å². The minimum absolute atomic E-state index is 0.156. The second kappa shape index (κ2) is 5.71. The molecule has 0 bridgehead atoms. The molecule has 0 unspecified atom stereocenters. The Kier molecular flexibility index (Phi) is 3.57. The van der Waals surface area contributed by atoms with Gasteiger partial charge in [0, 0.05) is 6.04 Å². The molecule has 2 N–H and O–H groups in total. The maximum absolute atomic E-state index is 11.1. The number of benzene rings is 3. The molecule has 4 rings (SSSR count). The number of aliphatic hydroxyl groups excluding tert-OH is 1. The Morgan fingerprint density at radius 3 is 2.14 bits per heavy atom. The van der Waals surface area contributed by atoms with Crippen molar-refractivity contribution in [3.05, 3.63) is 60.2 Å². The SMILES string of the molecule is O[C@@H](c1c2ccccc2cc2ccccc12)[C@H]1CCCCN1. The van der Waals surface area contributed by atoms with E-state index in [1.54, 1.807) is 0 Å². The number of hydrogen-bond donors (Lipinski definition) is 2. The highest BCUT2D eigenvalue weighted by atomic mass is 16.3. The van der Waals surface area contributed by atoms with Gasteiger partial charge in [0.25, 0.3) is 0 Å². The number of hydrogen-bond acceptors (Lipinski definition) is 2. The van der Waals surface area contributed by atoms with Crippen LogP contribution in [0.4, 0.5) is 0 Å². The molecule has 1 aliphatic rings. The van der Waals surface area contributed by atoms with Crippen molar-refractivity contribution in [1.82, 2.24) is 5.32 Å². The molecule has 1 aliphatic heterocycles. The molecule has 2 heteroatoms. The Balaban J connectivity index is 1.95. The lowest BCUT2D eigenvalue weighted by Crippen LogP contribution is -2.38. The summed E-state index contributed by atoms with van der Waals surface area (Å²) in [5, 5.41) is 19.3. The zero-order chi connectivity index (χ0) is 14.9. The molecular weight excluding hydrogens is 270 g/mol. The molecule has 22 heavy (non-hydrogen) atoms. The maximum atomic E-state index is 11.1. The minimum atomic E-state index is -0.462. The minimum Gasteiger partial charge on any atom is -0.387 e. The van der Waals surface area contributed by atoms with Crippen LogP contribution in [0.25, 0.3) is 21.5 Å². The topological polar surface area (TPSA) is 32.3 Å². The smallest absolute Gasteiger partial charge is 0.0954 e. The molecule has 0 radical (unpaired) electrons.